The summed E-state index contributed by atoms with van der Waals surface area (Å²) in [6.45, 7) is 4.31. The molecule has 0 radical (unpaired) electrons. The van der Waals surface area contributed by atoms with E-state index in [2.05, 4.69) is 13.8 Å². The molecule has 1 aromatic carbocycles. The molecule has 0 spiro atoms. The van der Waals surface area contributed by atoms with Gasteiger partial charge in [-0.2, -0.15) is 0 Å². The Labute approximate surface area is 114 Å². The molecular formula is C16H22O3. The van der Waals surface area contributed by atoms with Crippen LogP contribution in [0.2, 0.25) is 0 Å². The number of ether oxygens (including phenoxy) is 2. The van der Waals surface area contributed by atoms with E-state index in [1.807, 2.05) is 30.3 Å². The van der Waals surface area contributed by atoms with Gasteiger partial charge in [0.2, 0.25) is 0 Å². The fourth-order valence-corrected chi connectivity index (χ4v) is 2.57. The first-order chi connectivity index (χ1) is 9.13. The average molecular weight is 262 g/mol. The minimum Gasteiger partial charge on any atom is -0.375 e. The zero-order valence-electron chi connectivity index (χ0n) is 11.7. The molecule has 19 heavy (non-hydrogen) atoms. The van der Waals surface area contributed by atoms with Gasteiger partial charge in [-0.05, 0) is 32.3 Å². The molecule has 1 fully saturated rings. The monoisotopic (exact) mass is 262 g/mol. The van der Waals surface area contributed by atoms with E-state index < -0.39 is 0 Å². The predicted octanol–water partition coefficient (Wildman–Crippen LogP) is 2.77. The zero-order valence-corrected chi connectivity index (χ0v) is 11.7. The molecule has 0 bridgehead atoms. The maximum absolute atomic E-state index is 11.9. The van der Waals surface area contributed by atoms with Crippen molar-refractivity contribution < 1.29 is 14.3 Å². The van der Waals surface area contributed by atoms with Crippen LogP contribution in [-0.2, 0) is 20.7 Å². The molecule has 2 unspecified atom stereocenters. The molecule has 2 atom stereocenters. The summed E-state index contributed by atoms with van der Waals surface area (Å²) in [5, 5.41) is 0. The molecular weight excluding hydrogens is 240 g/mol. The average Bonchev–Trinajstić information content (AvgIpc) is 2.36. The Morgan fingerprint density at radius 2 is 1.84 bits per heavy atom. The Morgan fingerprint density at radius 1 is 1.21 bits per heavy atom. The summed E-state index contributed by atoms with van der Waals surface area (Å²) in [7, 11) is 0. The Morgan fingerprint density at radius 3 is 2.47 bits per heavy atom. The molecule has 3 heteroatoms. The first kappa shape index (κ1) is 14.2. The van der Waals surface area contributed by atoms with E-state index in [1.165, 1.54) is 0 Å². The highest BCUT2D eigenvalue weighted by atomic mass is 16.5. The standard InChI is InChI=1S/C16H22O3/c1-12-8-16(9-13(2)19-12)18-11-15(17)10-14-6-4-3-5-7-14/h3-7,12-13,16H,8-11H2,1-2H3. The number of hydrogen-bond acceptors (Lipinski definition) is 3. The smallest absolute Gasteiger partial charge is 0.162 e. The molecule has 0 amide bonds. The van der Waals surface area contributed by atoms with E-state index in [4.69, 9.17) is 9.47 Å². The zero-order chi connectivity index (χ0) is 13.7. The van der Waals surface area contributed by atoms with Crippen molar-refractivity contribution in [3.8, 4) is 0 Å². The van der Waals surface area contributed by atoms with E-state index >= 15 is 0 Å². The number of hydrogen-bond donors (Lipinski definition) is 0. The largest absolute Gasteiger partial charge is 0.375 e. The van der Waals surface area contributed by atoms with Crippen LogP contribution < -0.4 is 0 Å². The van der Waals surface area contributed by atoms with Crippen LogP contribution in [0, 0.1) is 0 Å². The van der Waals surface area contributed by atoms with E-state index in [1.54, 1.807) is 0 Å². The molecule has 0 aliphatic carbocycles. The van der Waals surface area contributed by atoms with E-state index in [9.17, 15) is 4.79 Å². The summed E-state index contributed by atoms with van der Waals surface area (Å²) in [6, 6.07) is 9.79. The summed E-state index contributed by atoms with van der Waals surface area (Å²) in [5.74, 6) is 0.137. The highest BCUT2D eigenvalue weighted by molar-refractivity contribution is 5.82. The van der Waals surface area contributed by atoms with Gasteiger partial charge in [0.25, 0.3) is 0 Å². The summed E-state index contributed by atoms with van der Waals surface area (Å²) in [4.78, 5) is 11.9. The van der Waals surface area contributed by atoms with Crippen molar-refractivity contribution in [3.63, 3.8) is 0 Å². The van der Waals surface area contributed by atoms with Gasteiger partial charge in [0.05, 0.1) is 18.3 Å². The Hall–Kier alpha value is -1.19. The van der Waals surface area contributed by atoms with E-state index in [0.717, 1.165) is 18.4 Å². The summed E-state index contributed by atoms with van der Waals surface area (Å²) >= 11 is 0. The number of ketones is 1. The number of benzene rings is 1. The Balaban J connectivity index is 1.74. The third kappa shape index (κ3) is 4.77. The van der Waals surface area contributed by atoms with Crippen LogP contribution in [0.25, 0.3) is 0 Å². The molecule has 1 aromatic rings. The van der Waals surface area contributed by atoms with Gasteiger partial charge in [-0.25, -0.2) is 0 Å². The van der Waals surface area contributed by atoms with Gasteiger partial charge >= 0.3 is 0 Å². The minimum absolute atomic E-state index is 0.137. The van der Waals surface area contributed by atoms with Gasteiger partial charge in [-0.1, -0.05) is 30.3 Å². The fourth-order valence-electron chi connectivity index (χ4n) is 2.57. The molecule has 2 rings (SSSR count). The van der Waals surface area contributed by atoms with Crippen LogP contribution in [0.3, 0.4) is 0 Å². The van der Waals surface area contributed by atoms with Gasteiger partial charge in [-0.3, -0.25) is 4.79 Å². The normalized spacial score (nSPS) is 27.2. The number of carbonyl (C=O) groups is 1. The second kappa shape index (κ2) is 6.83. The van der Waals surface area contributed by atoms with Gasteiger partial charge < -0.3 is 9.47 Å². The minimum atomic E-state index is 0.137. The third-order valence-corrected chi connectivity index (χ3v) is 3.38. The van der Waals surface area contributed by atoms with Crippen molar-refractivity contribution >= 4 is 5.78 Å². The number of carbonyl (C=O) groups excluding carboxylic acids is 1. The molecule has 104 valence electrons. The van der Waals surface area contributed by atoms with Crippen LogP contribution in [0.1, 0.15) is 32.3 Å². The second-order valence-electron chi connectivity index (χ2n) is 5.36. The van der Waals surface area contributed by atoms with Gasteiger partial charge in [0, 0.05) is 6.42 Å². The quantitative estimate of drug-likeness (QED) is 0.818. The lowest BCUT2D eigenvalue weighted by molar-refractivity contribution is -0.133. The third-order valence-electron chi connectivity index (χ3n) is 3.38. The lowest BCUT2D eigenvalue weighted by atomic mass is 10.0. The molecule has 0 saturated carbocycles. The molecule has 1 aliphatic heterocycles. The first-order valence-corrected chi connectivity index (χ1v) is 6.96. The first-order valence-electron chi connectivity index (χ1n) is 6.96. The van der Waals surface area contributed by atoms with Crippen molar-refractivity contribution in [2.24, 2.45) is 0 Å². The van der Waals surface area contributed by atoms with Crippen LogP contribution in [0.4, 0.5) is 0 Å². The summed E-state index contributed by atoms with van der Waals surface area (Å²) in [6.07, 6.45) is 2.80. The maximum atomic E-state index is 11.9. The van der Waals surface area contributed by atoms with Gasteiger partial charge in [0.1, 0.15) is 6.61 Å². The SMILES string of the molecule is CC1CC(OCC(=O)Cc2ccccc2)CC(C)O1. The van der Waals surface area contributed by atoms with Crippen LogP contribution >= 0.6 is 0 Å². The fraction of sp³-hybridized carbons (Fsp3) is 0.562. The lowest BCUT2D eigenvalue weighted by Gasteiger charge is -2.31. The lowest BCUT2D eigenvalue weighted by Crippen LogP contribution is -2.35. The molecule has 1 saturated heterocycles. The van der Waals surface area contributed by atoms with Crippen molar-refractivity contribution in [1.29, 1.82) is 0 Å². The van der Waals surface area contributed by atoms with Crippen LogP contribution in [-0.4, -0.2) is 30.7 Å². The van der Waals surface area contributed by atoms with Crippen molar-refractivity contribution in [2.75, 3.05) is 6.61 Å². The van der Waals surface area contributed by atoms with E-state index in [0.29, 0.717) is 6.42 Å². The van der Waals surface area contributed by atoms with Gasteiger partial charge in [-0.15, -0.1) is 0 Å². The van der Waals surface area contributed by atoms with Crippen molar-refractivity contribution in [1.82, 2.24) is 0 Å². The topological polar surface area (TPSA) is 35.5 Å². The van der Waals surface area contributed by atoms with Crippen molar-refractivity contribution in [3.05, 3.63) is 35.9 Å². The predicted molar refractivity (Wildman–Crippen MR) is 74.1 cm³/mol. The molecule has 0 aromatic heterocycles. The maximum Gasteiger partial charge on any atom is 0.162 e. The van der Waals surface area contributed by atoms with Crippen LogP contribution in [0.5, 0.6) is 0 Å². The highest BCUT2D eigenvalue weighted by Crippen LogP contribution is 2.21. The number of rotatable bonds is 5. The second-order valence-corrected chi connectivity index (χ2v) is 5.36. The Bertz CT molecular complexity index is 392. The Kier molecular flexibility index (Phi) is 5.11. The van der Waals surface area contributed by atoms with E-state index in [-0.39, 0.29) is 30.7 Å². The highest BCUT2D eigenvalue weighted by Gasteiger charge is 2.25. The van der Waals surface area contributed by atoms with Crippen LogP contribution in [0.15, 0.2) is 30.3 Å². The summed E-state index contributed by atoms with van der Waals surface area (Å²) in [5.41, 5.74) is 1.05. The molecule has 1 heterocycles. The molecule has 1 aliphatic rings. The summed E-state index contributed by atoms with van der Waals surface area (Å²) < 4.78 is 11.4. The van der Waals surface area contributed by atoms with Crippen molar-refractivity contribution in [2.45, 2.75) is 51.4 Å². The molecule has 0 N–H and O–H groups in total. The molecule has 3 nitrogen and oxygen atoms in total. The van der Waals surface area contributed by atoms with Gasteiger partial charge in [0.15, 0.2) is 5.78 Å². The number of Topliss-reactive ketones (excluding diaryl/α,β-unsaturated/α-hetero) is 1.